The molecule has 0 fully saturated rings. The molecule has 0 saturated carbocycles. The van der Waals surface area contributed by atoms with Crippen molar-refractivity contribution in [3.8, 4) is 56.7 Å². The topological polar surface area (TPSA) is 61.7 Å². The van der Waals surface area contributed by atoms with Crippen LogP contribution in [0.15, 0.2) is 241 Å². The molecule has 0 aliphatic heterocycles. The predicted molar refractivity (Wildman–Crippen MR) is 293 cm³/mol. The van der Waals surface area contributed by atoms with Crippen LogP contribution in [0, 0.1) is 0 Å². The Balaban J connectivity index is 0.995. The van der Waals surface area contributed by atoms with Gasteiger partial charge in [0.05, 0.1) is 16.6 Å². The number of hydrogen-bond donors (Lipinski definition) is 0. The van der Waals surface area contributed by atoms with Gasteiger partial charge in [-0.05, 0) is 92.3 Å². The molecule has 15 aromatic rings. The normalized spacial score (nSPS) is 11.9. The molecular weight excluding hydrogens is 867 g/mol. The number of aromatic nitrogens is 5. The number of hydrogen-bond acceptors (Lipinski definition) is 4. The van der Waals surface area contributed by atoms with Crippen molar-refractivity contribution in [3.63, 3.8) is 0 Å². The second-order valence-electron chi connectivity index (χ2n) is 18.3. The van der Waals surface area contributed by atoms with E-state index in [-0.39, 0.29) is 0 Å². The highest BCUT2D eigenvalue weighted by molar-refractivity contribution is 6.35. The molecule has 0 bridgehead atoms. The molecule has 11 aromatic carbocycles. The molecule has 0 N–H and O–H groups in total. The molecule has 0 aliphatic carbocycles. The average Bonchev–Trinajstić information content (AvgIpc) is 4.12. The van der Waals surface area contributed by atoms with Crippen molar-refractivity contribution < 1.29 is 4.42 Å². The third-order valence-electron chi connectivity index (χ3n) is 14.4. The van der Waals surface area contributed by atoms with Crippen molar-refractivity contribution in [2.45, 2.75) is 0 Å². The number of para-hydroxylation sites is 3. The fourth-order valence-corrected chi connectivity index (χ4v) is 11.2. The van der Waals surface area contributed by atoms with Gasteiger partial charge >= 0.3 is 0 Å². The monoisotopic (exact) mass is 905 g/mol. The highest BCUT2D eigenvalue weighted by Crippen LogP contribution is 2.47. The van der Waals surface area contributed by atoms with E-state index in [1.165, 1.54) is 38.1 Å². The Morgan fingerprint density at radius 1 is 0.324 bits per heavy atom. The molecule has 0 saturated heterocycles. The van der Waals surface area contributed by atoms with E-state index in [2.05, 4.69) is 221 Å². The summed E-state index contributed by atoms with van der Waals surface area (Å²) in [6, 6.07) is 83.9. The van der Waals surface area contributed by atoms with Gasteiger partial charge in [-0.1, -0.05) is 188 Å². The van der Waals surface area contributed by atoms with E-state index in [1.807, 2.05) is 24.3 Å². The minimum absolute atomic E-state index is 0.506. The zero-order valence-corrected chi connectivity index (χ0v) is 38.2. The highest BCUT2D eigenvalue weighted by atomic mass is 16.3. The zero-order chi connectivity index (χ0) is 46.6. The molecule has 15 rings (SSSR count). The maximum atomic E-state index is 7.03. The Hall–Kier alpha value is -9.65. The molecule has 4 aromatic heterocycles. The van der Waals surface area contributed by atoms with Gasteiger partial charge < -0.3 is 8.98 Å². The molecule has 330 valence electrons. The van der Waals surface area contributed by atoms with Gasteiger partial charge in [0.2, 0.25) is 5.95 Å². The van der Waals surface area contributed by atoms with Crippen molar-refractivity contribution >= 4 is 87.1 Å². The summed E-state index contributed by atoms with van der Waals surface area (Å²) in [6.07, 6.45) is 0. The van der Waals surface area contributed by atoms with Gasteiger partial charge in [0.25, 0.3) is 0 Å². The minimum atomic E-state index is 0.506. The molecule has 0 aliphatic rings. The Morgan fingerprint density at radius 3 is 1.62 bits per heavy atom. The van der Waals surface area contributed by atoms with Gasteiger partial charge in [-0.25, -0.2) is 4.98 Å². The second-order valence-corrected chi connectivity index (χ2v) is 18.3. The average molecular weight is 906 g/mol. The van der Waals surface area contributed by atoms with Crippen LogP contribution in [-0.2, 0) is 0 Å². The van der Waals surface area contributed by atoms with Crippen LogP contribution in [0.5, 0.6) is 0 Å². The van der Waals surface area contributed by atoms with Gasteiger partial charge in [0.1, 0.15) is 11.1 Å². The standard InChI is InChI=1S/C65H39N5O/c1-3-17-42(18-4-1)63-66-64(43-32-30-41(31-33-43)48-27-15-19-40-16-7-8-22-47(40)48)68-65(67-63)70-57-37-35-45(44-34-36-56-53(38-44)49-23-11-13-28-55(49)69(56)46-20-5-2-6-21-46)39-54(57)59-50-24-9-10-25-51(50)60-52-26-12-14-29-58(52)71-62(60)61(59)70/h1-39H. The maximum absolute atomic E-state index is 7.03. The van der Waals surface area contributed by atoms with Gasteiger partial charge in [0.15, 0.2) is 17.2 Å². The zero-order valence-electron chi connectivity index (χ0n) is 38.2. The summed E-state index contributed by atoms with van der Waals surface area (Å²) in [5, 5.41) is 11.4. The van der Waals surface area contributed by atoms with E-state index in [4.69, 9.17) is 19.4 Å². The van der Waals surface area contributed by atoms with Crippen molar-refractivity contribution in [2.75, 3.05) is 0 Å². The molecule has 6 nitrogen and oxygen atoms in total. The van der Waals surface area contributed by atoms with Crippen LogP contribution in [0.3, 0.4) is 0 Å². The Morgan fingerprint density at radius 2 is 0.859 bits per heavy atom. The van der Waals surface area contributed by atoms with Crippen molar-refractivity contribution in [3.05, 3.63) is 237 Å². The lowest BCUT2D eigenvalue weighted by atomic mass is 9.97. The first-order valence-electron chi connectivity index (χ1n) is 24.0. The summed E-state index contributed by atoms with van der Waals surface area (Å²) in [7, 11) is 0. The highest BCUT2D eigenvalue weighted by Gasteiger charge is 2.26. The lowest BCUT2D eigenvalue weighted by Crippen LogP contribution is -2.06. The van der Waals surface area contributed by atoms with Gasteiger partial charge in [0, 0.05) is 49.1 Å². The largest absolute Gasteiger partial charge is 0.454 e. The fourth-order valence-electron chi connectivity index (χ4n) is 11.2. The SMILES string of the molecule is c1ccc(-c2nc(-c3ccc(-c4cccc5ccccc45)cc3)nc(-n3c4ccc(-c5ccc6c(c5)c5ccccc5n6-c5ccccc5)cc4c4c5ccccc5c5c6ccccc6oc5c43)n2)cc1. The summed E-state index contributed by atoms with van der Waals surface area (Å²) in [4.78, 5) is 16.0. The quantitative estimate of drug-likeness (QED) is 0.167. The fraction of sp³-hybridized carbons (Fsp3) is 0. The van der Waals surface area contributed by atoms with Crippen molar-refractivity contribution in [2.24, 2.45) is 0 Å². The predicted octanol–water partition coefficient (Wildman–Crippen LogP) is 16.9. The lowest BCUT2D eigenvalue weighted by molar-refractivity contribution is 0.671. The van der Waals surface area contributed by atoms with Crippen LogP contribution in [0.2, 0.25) is 0 Å². The van der Waals surface area contributed by atoms with E-state index < -0.39 is 0 Å². The Kier molecular flexibility index (Phi) is 8.56. The van der Waals surface area contributed by atoms with Crippen LogP contribution < -0.4 is 0 Å². The van der Waals surface area contributed by atoms with Crippen LogP contribution in [0.25, 0.3) is 144 Å². The molecule has 0 unspecified atom stereocenters. The molecule has 0 radical (unpaired) electrons. The molecule has 0 spiro atoms. The molecule has 6 heteroatoms. The number of rotatable bonds is 6. The summed E-state index contributed by atoms with van der Waals surface area (Å²) >= 11 is 0. The number of nitrogens with zero attached hydrogens (tertiary/aromatic N) is 5. The summed E-state index contributed by atoms with van der Waals surface area (Å²) in [5.74, 6) is 1.67. The summed E-state index contributed by atoms with van der Waals surface area (Å²) < 4.78 is 11.6. The summed E-state index contributed by atoms with van der Waals surface area (Å²) in [6.45, 7) is 0. The van der Waals surface area contributed by atoms with Gasteiger partial charge in [-0.2, -0.15) is 9.97 Å². The third-order valence-corrected chi connectivity index (χ3v) is 14.4. The summed E-state index contributed by atoms with van der Waals surface area (Å²) in [5.41, 5.74) is 13.3. The first-order chi connectivity index (χ1) is 35.2. The van der Waals surface area contributed by atoms with E-state index in [1.54, 1.807) is 0 Å². The molecular formula is C65H39N5O. The van der Waals surface area contributed by atoms with Gasteiger partial charge in [-0.3, -0.25) is 4.57 Å². The van der Waals surface area contributed by atoms with E-state index in [9.17, 15) is 0 Å². The van der Waals surface area contributed by atoms with Crippen LogP contribution in [0.4, 0.5) is 0 Å². The second kappa shape index (κ2) is 15.4. The van der Waals surface area contributed by atoms with Crippen molar-refractivity contribution in [1.29, 1.82) is 0 Å². The van der Waals surface area contributed by atoms with E-state index >= 15 is 0 Å². The smallest absolute Gasteiger partial charge is 0.238 e. The van der Waals surface area contributed by atoms with Crippen LogP contribution in [-0.4, -0.2) is 24.1 Å². The van der Waals surface area contributed by atoms with Crippen LogP contribution in [0.1, 0.15) is 0 Å². The van der Waals surface area contributed by atoms with E-state index in [0.29, 0.717) is 17.6 Å². The number of furan rings is 1. The van der Waals surface area contributed by atoms with E-state index in [0.717, 1.165) is 88.0 Å². The number of benzene rings is 11. The molecule has 0 atom stereocenters. The first-order valence-corrected chi connectivity index (χ1v) is 24.0. The van der Waals surface area contributed by atoms with Crippen LogP contribution >= 0.6 is 0 Å². The first kappa shape index (κ1) is 39.4. The lowest BCUT2D eigenvalue weighted by Gasteiger charge is -2.12. The molecule has 71 heavy (non-hydrogen) atoms. The van der Waals surface area contributed by atoms with Crippen molar-refractivity contribution in [1.82, 2.24) is 24.1 Å². The third kappa shape index (κ3) is 6.05. The van der Waals surface area contributed by atoms with Gasteiger partial charge in [-0.15, -0.1) is 0 Å². The minimum Gasteiger partial charge on any atom is -0.454 e. The Bertz CT molecular complexity index is 4620. The molecule has 4 heterocycles. The Labute approximate surface area is 407 Å². The molecule has 0 amide bonds. The maximum Gasteiger partial charge on any atom is 0.238 e. The number of fused-ring (bicyclic) bond motifs is 14.